The van der Waals surface area contributed by atoms with Crippen LogP contribution in [0.2, 0.25) is 0 Å². The maximum Gasteiger partial charge on any atom is 0.325 e. The van der Waals surface area contributed by atoms with E-state index < -0.39 is 11.5 Å². The Balaban J connectivity index is 3.69. The van der Waals surface area contributed by atoms with Crippen LogP contribution in [0.15, 0.2) is 0 Å². The second-order valence-corrected chi connectivity index (χ2v) is 3.63. The molecule has 0 saturated carbocycles. The normalized spacial score (nSPS) is 16.1. The van der Waals surface area contributed by atoms with E-state index in [4.69, 9.17) is 15.6 Å². The highest BCUT2D eigenvalue weighted by atomic mass is 16.5. The number of carboxylic acids is 1. The summed E-state index contributed by atoms with van der Waals surface area (Å²) in [5.41, 5.74) is 4.15. The molecular weight excluding hydrogens is 158 g/mol. The Morgan fingerprint density at radius 1 is 1.67 bits per heavy atom. The molecule has 1 atom stereocenters. The van der Waals surface area contributed by atoms with Crippen molar-refractivity contribution in [2.24, 2.45) is 11.7 Å². The number of hydrogen-bond acceptors (Lipinski definition) is 3. The topological polar surface area (TPSA) is 72.5 Å². The minimum absolute atomic E-state index is 0.0561. The van der Waals surface area contributed by atoms with Gasteiger partial charge in [0.05, 0.1) is 6.61 Å². The number of aliphatic carboxylic acids is 1. The van der Waals surface area contributed by atoms with Crippen molar-refractivity contribution in [1.29, 1.82) is 0 Å². The Labute approximate surface area is 72.7 Å². The number of rotatable bonds is 5. The fourth-order valence-electron chi connectivity index (χ4n) is 0.568. The van der Waals surface area contributed by atoms with E-state index in [0.29, 0.717) is 12.5 Å². The molecule has 4 heteroatoms. The zero-order chi connectivity index (χ0) is 9.78. The predicted molar refractivity (Wildman–Crippen MR) is 45.9 cm³/mol. The lowest BCUT2D eigenvalue weighted by atomic mass is 10.1. The smallest absolute Gasteiger partial charge is 0.325 e. The van der Waals surface area contributed by atoms with Gasteiger partial charge in [-0.05, 0) is 12.8 Å². The fraction of sp³-hybridized carbons (Fsp3) is 0.875. The Bertz CT molecular complexity index is 154. The van der Waals surface area contributed by atoms with Crippen molar-refractivity contribution in [3.05, 3.63) is 0 Å². The maximum absolute atomic E-state index is 10.5. The molecule has 72 valence electrons. The zero-order valence-corrected chi connectivity index (χ0v) is 7.83. The van der Waals surface area contributed by atoms with E-state index in [1.807, 2.05) is 13.8 Å². The first kappa shape index (κ1) is 11.4. The third-order valence-electron chi connectivity index (χ3n) is 1.34. The van der Waals surface area contributed by atoms with Crippen molar-refractivity contribution in [2.75, 3.05) is 13.2 Å². The monoisotopic (exact) mass is 175 g/mol. The molecule has 0 fully saturated rings. The summed E-state index contributed by atoms with van der Waals surface area (Å²) < 4.78 is 5.12. The third kappa shape index (κ3) is 4.31. The van der Waals surface area contributed by atoms with Crippen LogP contribution >= 0.6 is 0 Å². The zero-order valence-electron chi connectivity index (χ0n) is 7.83. The Morgan fingerprint density at radius 2 is 2.17 bits per heavy atom. The van der Waals surface area contributed by atoms with E-state index in [1.165, 1.54) is 6.92 Å². The van der Waals surface area contributed by atoms with Gasteiger partial charge in [-0.25, -0.2) is 0 Å². The van der Waals surface area contributed by atoms with Gasteiger partial charge in [0.1, 0.15) is 5.54 Å². The molecule has 0 radical (unpaired) electrons. The van der Waals surface area contributed by atoms with Gasteiger partial charge in [-0.2, -0.15) is 0 Å². The first-order valence-corrected chi connectivity index (χ1v) is 3.96. The van der Waals surface area contributed by atoms with Crippen molar-refractivity contribution in [1.82, 2.24) is 0 Å². The summed E-state index contributed by atoms with van der Waals surface area (Å²) in [4.78, 5) is 10.5. The molecule has 0 aromatic rings. The minimum atomic E-state index is -1.27. The highest BCUT2D eigenvalue weighted by molar-refractivity contribution is 5.77. The van der Waals surface area contributed by atoms with Crippen molar-refractivity contribution < 1.29 is 14.6 Å². The van der Waals surface area contributed by atoms with Crippen LogP contribution in [0.25, 0.3) is 0 Å². The molecule has 0 aromatic carbocycles. The lowest BCUT2D eigenvalue weighted by Gasteiger charge is -2.19. The SMILES string of the molecule is CC(C)COC[C@](C)(N)C(=O)O. The second-order valence-electron chi connectivity index (χ2n) is 3.63. The average Bonchev–Trinajstić information content (AvgIpc) is 1.85. The van der Waals surface area contributed by atoms with Crippen molar-refractivity contribution in [3.63, 3.8) is 0 Å². The number of nitrogens with two attached hydrogens (primary N) is 1. The molecule has 0 aliphatic heterocycles. The molecule has 0 spiro atoms. The summed E-state index contributed by atoms with van der Waals surface area (Å²) in [6.45, 7) is 6.03. The molecule has 0 unspecified atom stereocenters. The van der Waals surface area contributed by atoms with Crippen LogP contribution in [0.4, 0.5) is 0 Å². The van der Waals surface area contributed by atoms with Gasteiger partial charge in [0.2, 0.25) is 0 Å². The molecule has 0 aromatic heterocycles. The molecule has 4 nitrogen and oxygen atoms in total. The van der Waals surface area contributed by atoms with Crippen LogP contribution in [0.5, 0.6) is 0 Å². The van der Waals surface area contributed by atoms with Crippen LogP contribution in [0.3, 0.4) is 0 Å². The fourth-order valence-corrected chi connectivity index (χ4v) is 0.568. The lowest BCUT2D eigenvalue weighted by Crippen LogP contribution is -2.49. The Morgan fingerprint density at radius 3 is 2.50 bits per heavy atom. The number of carbonyl (C=O) groups is 1. The maximum atomic E-state index is 10.5. The van der Waals surface area contributed by atoms with Gasteiger partial charge in [0.15, 0.2) is 0 Å². The molecule has 0 amide bonds. The number of carboxylic acid groups (broad SMARTS) is 1. The summed E-state index contributed by atoms with van der Waals surface area (Å²) in [5.74, 6) is -0.638. The van der Waals surface area contributed by atoms with Crippen LogP contribution in [-0.4, -0.2) is 29.8 Å². The first-order valence-electron chi connectivity index (χ1n) is 3.96. The molecule has 0 aliphatic carbocycles. The summed E-state index contributed by atoms with van der Waals surface area (Å²) in [6, 6.07) is 0. The second kappa shape index (κ2) is 4.42. The molecule has 0 aliphatic rings. The van der Waals surface area contributed by atoms with Gasteiger partial charge in [-0.1, -0.05) is 13.8 Å². The molecule has 0 bridgehead atoms. The first-order chi connectivity index (χ1) is 5.36. The standard InChI is InChI=1S/C8H17NO3/c1-6(2)4-12-5-8(3,9)7(10)11/h6H,4-5,9H2,1-3H3,(H,10,11)/t8-/m0/s1. The Kier molecular flexibility index (Phi) is 4.20. The van der Waals surface area contributed by atoms with Crippen LogP contribution in [-0.2, 0) is 9.53 Å². The van der Waals surface area contributed by atoms with E-state index in [2.05, 4.69) is 0 Å². The summed E-state index contributed by atoms with van der Waals surface area (Å²) in [5, 5.41) is 8.60. The highest BCUT2D eigenvalue weighted by Gasteiger charge is 2.27. The van der Waals surface area contributed by atoms with Gasteiger partial charge in [-0.15, -0.1) is 0 Å². The highest BCUT2D eigenvalue weighted by Crippen LogP contribution is 2.01. The summed E-state index contributed by atoms with van der Waals surface area (Å²) >= 11 is 0. The number of ether oxygens (including phenoxy) is 1. The van der Waals surface area contributed by atoms with Crippen molar-refractivity contribution in [3.8, 4) is 0 Å². The molecule has 3 N–H and O–H groups in total. The van der Waals surface area contributed by atoms with Gasteiger partial charge in [-0.3, -0.25) is 4.79 Å². The molecule has 12 heavy (non-hydrogen) atoms. The summed E-state index contributed by atoms with van der Waals surface area (Å²) in [6.07, 6.45) is 0. The molecule has 0 heterocycles. The van der Waals surface area contributed by atoms with Gasteiger partial charge >= 0.3 is 5.97 Å². The van der Waals surface area contributed by atoms with Crippen molar-refractivity contribution >= 4 is 5.97 Å². The largest absolute Gasteiger partial charge is 0.480 e. The minimum Gasteiger partial charge on any atom is -0.480 e. The Hall–Kier alpha value is -0.610. The van der Waals surface area contributed by atoms with Crippen molar-refractivity contribution in [2.45, 2.75) is 26.3 Å². The third-order valence-corrected chi connectivity index (χ3v) is 1.34. The van der Waals surface area contributed by atoms with Crippen LogP contribution in [0.1, 0.15) is 20.8 Å². The van der Waals surface area contributed by atoms with Gasteiger partial charge < -0.3 is 15.6 Å². The van der Waals surface area contributed by atoms with E-state index in [0.717, 1.165) is 0 Å². The van der Waals surface area contributed by atoms with Crippen LogP contribution < -0.4 is 5.73 Å². The predicted octanol–water partition coefficient (Wildman–Crippen LogP) is 0.461. The summed E-state index contributed by atoms with van der Waals surface area (Å²) in [7, 11) is 0. The number of hydrogen-bond donors (Lipinski definition) is 2. The van der Waals surface area contributed by atoms with E-state index in [1.54, 1.807) is 0 Å². The van der Waals surface area contributed by atoms with E-state index in [9.17, 15) is 4.79 Å². The van der Waals surface area contributed by atoms with Gasteiger partial charge in [0, 0.05) is 6.61 Å². The van der Waals surface area contributed by atoms with Crippen LogP contribution in [0, 0.1) is 5.92 Å². The molecular formula is C8H17NO3. The van der Waals surface area contributed by atoms with E-state index in [-0.39, 0.29) is 6.61 Å². The quantitative estimate of drug-likeness (QED) is 0.636. The van der Waals surface area contributed by atoms with Gasteiger partial charge in [0.25, 0.3) is 0 Å². The lowest BCUT2D eigenvalue weighted by molar-refractivity contribution is -0.145. The van der Waals surface area contributed by atoms with E-state index >= 15 is 0 Å². The average molecular weight is 175 g/mol. The molecule has 0 saturated heterocycles. The molecule has 0 rings (SSSR count).